The van der Waals surface area contributed by atoms with Crippen molar-refractivity contribution in [1.82, 2.24) is 15.3 Å². The molecule has 1 N–H and O–H groups in total. The third-order valence-corrected chi connectivity index (χ3v) is 3.80. The molecular weight excluding hydrogens is 236 g/mol. The van der Waals surface area contributed by atoms with Gasteiger partial charge in [-0.2, -0.15) is 0 Å². The Kier molecular flexibility index (Phi) is 3.60. The van der Waals surface area contributed by atoms with Crippen LogP contribution in [0.25, 0.3) is 10.9 Å². The third-order valence-electron chi connectivity index (χ3n) is 3.80. The van der Waals surface area contributed by atoms with E-state index in [0.717, 1.165) is 29.9 Å². The number of hydrogen-bond acceptors (Lipinski definition) is 4. The molecule has 1 saturated heterocycles. The minimum atomic E-state index is 0.514. The summed E-state index contributed by atoms with van der Waals surface area (Å²) in [7, 11) is 2.01. The number of nitrogens with one attached hydrogen (secondary N) is 1. The number of piperidine rings is 1. The van der Waals surface area contributed by atoms with Gasteiger partial charge in [0.05, 0.1) is 5.52 Å². The average molecular weight is 256 g/mol. The maximum atomic E-state index is 4.72. The molecule has 0 bridgehead atoms. The first-order valence-corrected chi connectivity index (χ1v) is 7.01. The number of aromatic nitrogens is 2. The molecule has 1 unspecified atom stereocenters. The number of nitrogens with zero attached hydrogens (tertiary/aromatic N) is 3. The molecule has 0 saturated carbocycles. The summed E-state index contributed by atoms with van der Waals surface area (Å²) in [6.07, 6.45) is 5.69. The second kappa shape index (κ2) is 5.53. The number of benzene rings is 1. The van der Waals surface area contributed by atoms with Crippen molar-refractivity contribution in [3.8, 4) is 0 Å². The van der Waals surface area contributed by atoms with Crippen LogP contribution in [-0.4, -0.2) is 36.1 Å². The zero-order chi connectivity index (χ0) is 13.1. The lowest BCUT2D eigenvalue weighted by molar-refractivity contribution is 0.440. The molecule has 0 spiro atoms. The van der Waals surface area contributed by atoms with Crippen molar-refractivity contribution in [3.63, 3.8) is 0 Å². The van der Waals surface area contributed by atoms with Crippen LogP contribution in [0.15, 0.2) is 30.5 Å². The van der Waals surface area contributed by atoms with Gasteiger partial charge >= 0.3 is 0 Å². The third kappa shape index (κ3) is 2.54. The number of rotatable bonds is 3. The fraction of sp³-hybridized carbons (Fsp3) is 0.467. The maximum Gasteiger partial charge on any atom is 0.226 e. The summed E-state index contributed by atoms with van der Waals surface area (Å²) in [5.74, 6) is 0.874. The van der Waals surface area contributed by atoms with Crippen molar-refractivity contribution in [2.75, 3.05) is 25.0 Å². The highest BCUT2D eigenvalue weighted by molar-refractivity contribution is 5.78. The molecule has 19 heavy (non-hydrogen) atoms. The lowest BCUT2D eigenvalue weighted by Gasteiger charge is -2.35. The second-order valence-electron chi connectivity index (χ2n) is 5.13. The molecule has 2 heterocycles. The molecule has 1 atom stereocenters. The molecule has 100 valence electrons. The summed E-state index contributed by atoms with van der Waals surface area (Å²) in [6.45, 7) is 2.06. The summed E-state index contributed by atoms with van der Waals surface area (Å²) in [4.78, 5) is 11.6. The van der Waals surface area contributed by atoms with Crippen LogP contribution in [0.2, 0.25) is 0 Å². The van der Waals surface area contributed by atoms with E-state index in [2.05, 4.69) is 27.3 Å². The first-order chi connectivity index (χ1) is 9.38. The highest BCUT2D eigenvalue weighted by atomic mass is 15.3. The van der Waals surface area contributed by atoms with Crippen LogP contribution in [0.4, 0.5) is 5.95 Å². The minimum Gasteiger partial charge on any atom is -0.337 e. The Labute approximate surface area is 113 Å². The van der Waals surface area contributed by atoms with Crippen molar-refractivity contribution < 1.29 is 0 Å². The van der Waals surface area contributed by atoms with E-state index in [9.17, 15) is 0 Å². The quantitative estimate of drug-likeness (QED) is 0.914. The smallest absolute Gasteiger partial charge is 0.226 e. The van der Waals surface area contributed by atoms with Crippen molar-refractivity contribution in [2.45, 2.75) is 25.3 Å². The SMILES string of the molecule is CNCC1CCCCN1c1ncc2ccccc2n1. The number of hydrogen-bond donors (Lipinski definition) is 1. The molecule has 0 radical (unpaired) electrons. The Morgan fingerprint density at radius 3 is 3.11 bits per heavy atom. The monoisotopic (exact) mass is 256 g/mol. The van der Waals surface area contributed by atoms with Gasteiger partial charge in [0, 0.05) is 30.7 Å². The van der Waals surface area contributed by atoms with Gasteiger partial charge in [0.1, 0.15) is 0 Å². The van der Waals surface area contributed by atoms with Crippen molar-refractivity contribution in [2.24, 2.45) is 0 Å². The number of fused-ring (bicyclic) bond motifs is 1. The van der Waals surface area contributed by atoms with Crippen molar-refractivity contribution >= 4 is 16.9 Å². The van der Waals surface area contributed by atoms with Crippen molar-refractivity contribution in [1.29, 1.82) is 0 Å². The van der Waals surface area contributed by atoms with Crippen LogP contribution in [0.5, 0.6) is 0 Å². The van der Waals surface area contributed by atoms with E-state index in [1.165, 1.54) is 19.3 Å². The minimum absolute atomic E-state index is 0.514. The zero-order valence-electron chi connectivity index (χ0n) is 11.3. The normalized spacial score (nSPS) is 19.8. The van der Waals surface area contributed by atoms with E-state index in [0.29, 0.717) is 6.04 Å². The van der Waals surface area contributed by atoms with Gasteiger partial charge in [-0.05, 0) is 32.4 Å². The Morgan fingerprint density at radius 1 is 1.32 bits per heavy atom. The Hall–Kier alpha value is -1.68. The molecule has 1 aromatic heterocycles. The summed E-state index contributed by atoms with van der Waals surface area (Å²) < 4.78 is 0. The van der Waals surface area contributed by atoms with Gasteiger partial charge in [-0.25, -0.2) is 9.97 Å². The first kappa shape index (κ1) is 12.4. The van der Waals surface area contributed by atoms with Crippen molar-refractivity contribution in [3.05, 3.63) is 30.5 Å². The Morgan fingerprint density at radius 2 is 2.21 bits per heavy atom. The predicted octanol–water partition coefficient (Wildman–Crippen LogP) is 2.21. The number of likely N-dealkylation sites (N-methyl/N-ethyl adjacent to an activating group) is 1. The Balaban J connectivity index is 1.92. The molecule has 3 rings (SSSR count). The zero-order valence-corrected chi connectivity index (χ0v) is 11.3. The lowest BCUT2D eigenvalue weighted by Crippen LogP contribution is -2.45. The largest absolute Gasteiger partial charge is 0.337 e. The van der Waals surface area contributed by atoms with Gasteiger partial charge in [-0.3, -0.25) is 0 Å². The summed E-state index contributed by atoms with van der Waals surface area (Å²) in [5, 5.41) is 4.38. The molecule has 0 amide bonds. The number of para-hydroxylation sites is 1. The van der Waals surface area contributed by atoms with E-state index < -0.39 is 0 Å². The van der Waals surface area contributed by atoms with E-state index in [4.69, 9.17) is 4.98 Å². The van der Waals surface area contributed by atoms with Crippen LogP contribution in [0.1, 0.15) is 19.3 Å². The molecule has 1 aliphatic heterocycles. The van der Waals surface area contributed by atoms with E-state index in [1.807, 2.05) is 25.4 Å². The maximum absolute atomic E-state index is 4.72. The molecular formula is C15H20N4. The van der Waals surface area contributed by atoms with Gasteiger partial charge in [0.2, 0.25) is 5.95 Å². The van der Waals surface area contributed by atoms with Gasteiger partial charge in [-0.1, -0.05) is 18.2 Å². The predicted molar refractivity (Wildman–Crippen MR) is 78.4 cm³/mol. The first-order valence-electron chi connectivity index (χ1n) is 7.01. The van der Waals surface area contributed by atoms with Crippen LogP contribution >= 0.6 is 0 Å². The number of anilines is 1. The summed E-state index contributed by atoms with van der Waals surface area (Å²) >= 11 is 0. The highest BCUT2D eigenvalue weighted by Crippen LogP contribution is 2.22. The van der Waals surface area contributed by atoms with Crippen LogP contribution in [-0.2, 0) is 0 Å². The van der Waals surface area contributed by atoms with Crippen LogP contribution < -0.4 is 10.2 Å². The second-order valence-corrected chi connectivity index (χ2v) is 5.13. The van der Waals surface area contributed by atoms with Gasteiger partial charge in [0.25, 0.3) is 0 Å². The van der Waals surface area contributed by atoms with E-state index in [1.54, 1.807) is 0 Å². The fourth-order valence-electron chi connectivity index (χ4n) is 2.81. The van der Waals surface area contributed by atoms with Gasteiger partial charge in [0.15, 0.2) is 0 Å². The van der Waals surface area contributed by atoms with Crippen LogP contribution in [0.3, 0.4) is 0 Å². The topological polar surface area (TPSA) is 41.0 Å². The van der Waals surface area contributed by atoms with Crippen LogP contribution in [0, 0.1) is 0 Å². The van der Waals surface area contributed by atoms with E-state index >= 15 is 0 Å². The van der Waals surface area contributed by atoms with Gasteiger partial charge < -0.3 is 10.2 Å². The Bertz CT molecular complexity index is 553. The molecule has 0 aliphatic carbocycles. The molecule has 2 aromatic rings. The van der Waals surface area contributed by atoms with E-state index in [-0.39, 0.29) is 0 Å². The molecule has 4 nitrogen and oxygen atoms in total. The highest BCUT2D eigenvalue weighted by Gasteiger charge is 2.23. The summed E-state index contributed by atoms with van der Waals surface area (Å²) in [6, 6.07) is 8.67. The molecule has 1 aliphatic rings. The fourth-order valence-corrected chi connectivity index (χ4v) is 2.81. The standard InChI is InChI=1S/C15H20N4/c1-16-11-13-7-4-5-9-19(13)15-17-10-12-6-2-3-8-14(12)18-15/h2-3,6,8,10,13,16H,4-5,7,9,11H2,1H3. The average Bonchev–Trinajstić information content (AvgIpc) is 2.48. The molecule has 4 heteroatoms. The molecule has 1 aromatic carbocycles. The van der Waals surface area contributed by atoms with Gasteiger partial charge in [-0.15, -0.1) is 0 Å². The lowest BCUT2D eigenvalue weighted by atomic mass is 10.0. The molecule has 1 fully saturated rings. The summed E-state index contributed by atoms with van der Waals surface area (Å²) in [5.41, 5.74) is 1.03.